The first-order chi connectivity index (χ1) is 10.3. The second-order valence-electron chi connectivity index (χ2n) is 5.82. The van der Waals surface area contributed by atoms with Crippen LogP contribution in [0.5, 0.6) is 0 Å². The Balaban J connectivity index is 1.61. The van der Waals surface area contributed by atoms with Crippen LogP contribution in [0, 0.1) is 6.92 Å². The highest BCUT2D eigenvalue weighted by molar-refractivity contribution is 5.85. The second-order valence-corrected chi connectivity index (χ2v) is 5.82. The number of H-pyrrole nitrogens is 1. The van der Waals surface area contributed by atoms with Gasteiger partial charge in [0.25, 0.3) is 0 Å². The third-order valence-corrected chi connectivity index (χ3v) is 4.32. The minimum Gasteiger partial charge on any atom is -0.361 e. The van der Waals surface area contributed by atoms with Crippen molar-refractivity contribution in [3.8, 4) is 0 Å². The SMILES string of the molecule is Cc1cc(CNC2CCCc3c2[nH]c2ccccc32)no1. The summed E-state index contributed by atoms with van der Waals surface area (Å²) in [6.07, 6.45) is 3.56. The van der Waals surface area contributed by atoms with Gasteiger partial charge in [0.1, 0.15) is 5.76 Å². The number of aromatic amines is 1. The second kappa shape index (κ2) is 5.04. The fourth-order valence-electron chi connectivity index (χ4n) is 3.35. The molecule has 1 atom stereocenters. The van der Waals surface area contributed by atoms with Crippen LogP contribution in [0.15, 0.2) is 34.9 Å². The van der Waals surface area contributed by atoms with E-state index in [1.807, 2.05) is 13.0 Å². The number of benzene rings is 1. The topological polar surface area (TPSA) is 53.9 Å². The molecule has 1 aliphatic carbocycles. The molecule has 4 nitrogen and oxygen atoms in total. The van der Waals surface area contributed by atoms with Crippen molar-refractivity contribution in [1.29, 1.82) is 0 Å². The van der Waals surface area contributed by atoms with Crippen molar-refractivity contribution >= 4 is 10.9 Å². The van der Waals surface area contributed by atoms with Gasteiger partial charge in [0.05, 0.1) is 5.69 Å². The van der Waals surface area contributed by atoms with Gasteiger partial charge in [-0.1, -0.05) is 23.4 Å². The van der Waals surface area contributed by atoms with Crippen molar-refractivity contribution in [2.75, 3.05) is 0 Å². The Morgan fingerprint density at radius 1 is 1.38 bits per heavy atom. The molecule has 0 saturated heterocycles. The normalized spacial score (nSPS) is 18.0. The van der Waals surface area contributed by atoms with E-state index in [9.17, 15) is 0 Å². The van der Waals surface area contributed by atoms with Gasteiger partial charge in [0.15, 0.2) is 0 Å². The van der Waals surface area contributed by atoms with E-state index in [-0.39, 0.29) is 0 Å². The third-order valence-electron chi connectivity index (χ3n) is 4.32. The number of aryl methyl sites for hydroxylation is 2. The number of hydrogen-bond acceptors (Lipinski definition) is 3. The molecule has 21 heavy (non-hydrogen) atoms. The highest BCUT2D eigenvalue weighted by atomic mass is 16.5. The van der Waals surface area contributed by atoms with Crippen LogP contribution in [-0.2, 0) is 13.0 Å². The zero-order chi connectivity index (χ0) is 14.2. The average molecular weight is 281 g/mol. The number of rotatable bonds is 3. The average Bonchev–Trinajstić information content (AvgIpc) is 3.09. The van der Waals surface area contributed by atoms with Crippen LogP contribution in [0.25, 0.3) is 10.9 Å². The van der Waals surface area contributed by atoms with Crippen LogP contribution in [0.3, 0.4) is 0 Å². The molecule has 2 heterocycles. The molecule has 0 aliphatic heterocycles. The molecule has 4 rings (SSSR count). The minimum atomic E-state index is 0.373. The Morgan fingerprint density at radius 3 is 3.14 bits per heavy atom. The molecule has 0 saturated carbocycles. The molecule has 1 aromatic carbocycles. The monoisotopic (exact) mass is 281 g/mol. The smallest absolute Gasteiger partial charge is 0.133 e. The summed E-state index contributed by atoms with van der Waals surface area (Å²) < 4.78 is 5.12. The largest absolute Gasteiger partial charge is 0.361 e. The van der Waals surface area contributed by atoms with Crippen molar-refractivity contribution in [2.45, 2.75) is 38.8 Å². The highest BCUT2D eigenvalue weighted by Gasteiger charge is 2.23. The van der Waals surface area contributed by atoms with E-state index in [1.54, 1.807) is 0 Å². The molecule has 1 unspecified atom stereocenters. The predicted octanol–water partition coefficient (Wildman–Crippen LogP) is 3.63. The van der Waals surface area contributed by atoms with Crippen LogP contribution in [-0.4, -0.2) is 10.1 Å². The lowest BCUT2D eigenvalue weighted by molar-refractivity contribution is 0.381. The van der Waals surface area contributed by atoms with E-state index in [0.717, 1.165) is 24.4 Å². The number of nitrogens with zero attached hydrogens (tertiary/aromatic N) is 1. The maximum atomic E-state index is 5.12. The van der Waals surface area contributed by atoms with Crippen molar-refractivity contribution in [3.63, 3.8) is 0 Å². The summed E-state index contributed by atoms with van der Waals surface area (Å²) in [5, 5.41) is 9.04. The van der Waals surface area contributed by atoms with Crippen LogP contribution in [0.1, 0.15) is 41.6 Å². The van der Waals surface area contributed by atoms with Crippen molar-refractivity contribution in [1.82, 2.24) is 15.5 Å². The summed E-state index contributed by atoms with van der Waals surface area (Å²) >= 11 is 0. The molecular formula is C17H19N3O. The Bertz CT molecular complexity index is 771. The first-order valence-corrected chi connectivity index (χ1v) is 7.56. The quantitative estimate of drug-likeness (QED) is 0.770. The molecule has 3 aromatic rings. The Morgan fingerprint density at radius 2 is 2.29 bits per heavy atom. The van der Waals surface area contributed by atoms with Crippen LogP contribution in [0.4, 0.5) is 0 Å². The molecule has 108 valence electrons. The first kappa shape index (κ1) is 12.7. The molecular weight excluding hydrogens is 262 g/mol. The lowest BCUT2D eigenvalue weighted by Gasteiger charge is -2.23. The van der Waals surface area contributed by atoms with E-state index < -0.39 is 0 Å². The number of hydrogen-bond donors (Lipinski definition) is 2. The van der Waals surface area contributed by atoms with Gasteiger partial charge in [0, 0.05) is 35.2 Å². The molecule has 1 aliphatic rings. The maximum absolute atomic E-state index is 5.12. The van der Waals surface area contributed by atoms with Gasteiger partial charge in [0.2, 0.25) is 0 Å². The van der Waals surface area contributed by atoms with Gasteiger partial charge >= 0.3 is 0 Å². The molecule has 2 aromatic heterocycles. The van der Waals surface area contributed by atoms with Crippen LogP contribution >= 0.6 is 0 Å². The van der Waals surface area contributed by atoms with Gasteiger partial charge in [-0.15, -0.1) is 0 Å². The summed E-state index contributed by atoms with van der Waals surface area (Å²) in [5.74, 6) is 0.863. The number of fused-ring (bicyclic) bond motifs is 3. The van der Waals surface area contributed by atoms with Crippen molar-refractivity contribution < 1.29 is 4.52 Å². The number of nitrogens with one attached hydrogen (secondary N) is 2. The van der Waals surface area contributed by atoms with E-state index in [1.165, 1.54) is 35.0 Å². The summed E-state index contributed by atoms with van der Waals surface area (Å²) in [6, 6.07) is 10.9. The van der Waals surface area contributed by atoms with Gasteiger partial charge in [-0.3, -0.25) is 0 Å². The van der Waals surface area contributed by atoms with Gasteiger partial charge in [-0.2, -0.15) is 0 Å². The van der Waals surface area contributed by atoms with Gasteiger partial charge in [-0.05, 0) is 37.8 Å². The van der Waals surface area contributed by atoms with Crippen molar-refractivity contribution in [3.05, 3.63) is 53.0 Å². The van der Waals surface area contributed by atoms with E-state index in [2.05, 4.69) is 39.7 Å². The predicted molar refractivity (Wildman–Crippen MR) is 82.1 cm³/mol. The summed E-state index contributed by atoms with van der Waals surface area (Å²) in [5.41, 5.74) is 5.04. The fourth-order valence-corrected chi connectivity index (χ4v) is 3.35. The van der Waals surface area contributed by atoms with E-state index >= 15 is 0 Å². The van der Waals surface area contributed by atoms with Crippen LogP contribution < -0.4 is 5.32 Å². The zero-order valence-corrected chi connectivity index (χ0v) is 12.1. The highest BCUT2D eigenvalue weighted by Crippen LogP contribution is 2.34. The number of para-hydroxylation sites is 1. The van der Waals surface area contributed by atoms with Gasteiger partial charge in [-0.25, -0.2) is 0 Å². The molecule has 2 N–H and O–H groups in total. The van der Waals surface area contributed by atoms with Gasteiger partial charge < -0.3 is 14.8 Å². The van der Waals surface area contributed by atoms with E-state index in [4.69, 9.17) is 4.52 Å². The summed E-state index contributed by atoms with van der Waals surface area (Å²) in [7, 11) is 0. The Hall–Kier alpha value is -2.07. The Kier molecular flexibility index (Phi) is 3.04. The fraction of sp³-hybridized carbons (Fsp3) is 0.353. The molecule has 0 spiro atoms. The lowest BCUT2D eigenvalue weighted by atomic mass is 9.91. The molecule has 4 heteroatoms. The maximum Gasteiger partial charge on any atom is 0.133 e. The van der Waals surface area contributed by atoms with Crippen LogP contribution in [0.2, 0.25) is 0 Å². The summed E-state index contributed by atoms with van der Waals surface area (Å²) in [6.45, 7) is 2.67. The molecule has 0 amide bonds. The molecule has 0 radical (unpaired) electrons. The van der Waals surface area contributed by atoms with E-state index in [0.29, 0.717) is 6.04 Å². The molecule has 0 fully saturated rings. The Labute approximate surface area is 123 Å². The third kappa shape index (κ3) is 2.25. The standard InChI is InChI=1S/C17H19N3O/c1-11-9-12(20-21-11)10-18-16-8-4-6-14-13-5-2-3-7-15(13)19-17(14)16/h2-3,5,7,9,16,18-19H,4,6,8,10H2,1H3. The summed E-state index contributed by atoms with van der Waals surface area (Å²) in [4.78, 5) is 3.60. The molecule has 0 bridgehead atoms. The van der Waals surface area contributed by atoms with Crippen molar-refractivity contribution in [2.24, 2.45) is 0 Å². The zero-order valence-electron chi connectivity index (χ0n) is 12.1. The number of aromatic nitrogens is 2. The minimum absolute atomic E-state index is 0.373. The lowest BCUT2D eigenvalue weighted by Crippen LogP contribution is -2.25. The first-order valence-electron chi connectivity index (χ1n) is 7.56.